The summed E-state index contributed by atoms with van der Waals surface area (Å²) >= 11 is 0. The van der Waals surface area contributed by atoms with Crippen LogP contribution in [0.3, 0.4) is 0 Å². The maximum Gasteiger partial charge on any atom is 0.330 e. The molecule has 0 heterocycles. The van der Waals surface area contributed by atoms with Gasteiger partial charge in [0.05, 0.1) is 6.10 Å². The molecule has 0 fully saturated rings. The molecule has 0 N–H and O–H groups in total. The molecule has 0 saturated carbocycles. The van der Waals surface area contributed by atoms with Crippen molar-refractivity contribution in [1.82, 2.24) is 0 Å². The van der Waals surface area contributed by atoms with E-state index >= 15 is 0 Å². The molecule has 0 amide bonds. The largest absolute Gasteiger partial charge is 0.460 e. The van der Waals surface area contributed by atoms with Crippen LogP contribution in [0.25, 0.3) is 0 Å². The third-order valence-electron chi connectivity index (χ3n) is 3.12. The molecule has 0 saturated heterocycles. The molecule has 0 aliphatic carbocycles. The van der Waals surface area contributed by atoms with Crippen LogP contribution in [0.2, 0.25) is 0 Å². The Bertz CT molecular complexity index is 221. The van der Waals surface area contributed by atoms with Gasteiger partial charge in [0.2, 0.25) is 0 Å². The number of hydrogen-bond donors (Lipinski definition) is 0. The third kappa shape index (κ3) is 11.7. The molecule has 106 valence electrons. The van der Waals surface area contributed by atoms with Crippen molar-refractivity contribution in [2.75, 3.05) is 0 Å². The second kappa shape index (κ2) is 12.7. The van der Waals surface area contributed by atoms with Crippen molar-refractivity contribution in [2.24, 2.45) is 0 Å². The van der Waals surface area contributed by atoms with Crippen LogP contribution in [-0.4, -0.2) is 12.1 Å². The van der Waals surface area contributed by atoms with Crippen LogP contribution in [0.4, 0.5) is 0 Å². The zero-order valence-electron chi connectivity index (χ0n) is 12.4. The van der Waals surface area contributed by atoms with E-state index in [1.807, 2.05) is 19.9 Å². The van der Waals surface area contributed by atoms with Gasteiger partial charge in [-0.25, -0.2) is 4.79 Å². The zero-order valence-corrected chi connectivity index (χ0v) is 12.4. The van der Waals surface area contributed by atoms with Gasteiger partial charge in [-0.3, -0.25) is 0 Å². The molecule has 0 unspecified atom stereocenters. The van der Waals surface area contributed by atoms with Gasteiger partial charge in [-0.05, 0) is 26.2 Å². The first kappa shape index (κ1) is 17.2. The van der Waals surface area contributed by atoms with E-state index in [1.165, 1.54) is 44.9 Å². The average Bonchev–Trinajstić information content (AvgIpc) is 2.36. The van der Waals surface area contributed by atoms with Gasteiger partial charge < -0.3 is 4.74 Å². The first-order valence-electron chi connectivity index (χ1n) is 7.57. The van der Waals surface area contributed by atoms with E-state index in [9.17, 15) is 4.79 Å². The van der Waals surface area contributed by atoms with Crippen molar-refractivity contribution >= 4 is 5.97 Å². The number of carbonyl (C=O) groups excluding carboxylic acids is 1. The highest BCUT2D eigenvalue weighted by Gasteiger charge is 2.02. The molecule has 0 rings (SSSR count). The Labute approximate surface area is 113 Å². The molecule has 2 nitrogen and oxygen atoms in total. The maximum atomic E-state index is 11.3. The van der Waals surface area contributed by atoms with E-state index in [-0.39, 0.29) is 12.1 Å². The summed E-state index contributed by atoms with van der Waals surface area (Å²) in [4.78, 5) is 11.3. The molecule has 18 heavy (non-hydrogen) atoms. The fourth-order valence-electron chi connectivity index (χ4n) is 1.72. The minimum absolute atomic E-state index is 0.0284. The molecule has 0 spiro atoms. The van der Waals surface area contributed by atoms with Gasteiger partial charge in [0.15, 0.2) is 0 Å². The van der Waals surface area contributed by atoms with Crippen molar-refractivity contribution in [3.63, 3.8) is 0 Å². The van der Waals surface area contributed by atoms with E-state index in [0.29, 0.717) is 0 Å². The molecule has 0 aromatic heterocycles. The molecule has 0 radical (unpaired) electrons. The summed E-state index contributed by atoms with van der Waals surface area (Å²) in [6.07, 6.45) is 14.6. The molecule has 0 bridgehead atoms. The minimum atomic E-state index is -0.202. The summed E-state index contributed by atoms with van der Waals surface area (Å²) in [6.45, 7) is 6.17. The lowest BCUT2D eigenvalue weighted by Gasteiger charge is -2.07. The molecule has 1 atom stereocenters. The Kier molecular flexibility index (Phi) is 12.1. The van der Waals surface area contributed by atoms with Crippen LogP contribution in [0.15, 0.2) is 12.2 Å². The molecule has 0 aromatic rings. The monoisotopic (exact) mass is 254 g/mol. The van der Waals surface area contributed by atoms with Crippen LogP contribution in [0.1, 0.15) is 78.6 Å². The first-order chi connectivity index (χ1) is 8.70. The Balaban J connectivity index is 3.34. The van der Waals surface area contributed by atoms with Gasteiger partial charge in [-0.1, -0.05) is 58.4 Å². The number of esters is 1. The summed E-state index contributed by atoms with van der Waals surface area (Å²) in [6, 6.07) is 0. The Morgan fingerprint density at radius 2 is 1.67 bits per heavy atom. The molecular formula is C16H30O2. The quantitative estimate of drug-likeness (QED) is 0.294. The predicted octanol–water partition coefficient (Wildman–Crippen LogP) is 5.03. The summed E-state index contributed by atoms with van der Waals surface area (Å²) in [7, 11) is 0. The molecular weight excluding hydrogens is 224 g/mol. The number of unbranched alkanes of at least 4 members (excludes halogenated alkanes) is 7. The van der Waals surface area contributed by atoms with E-state index < -0.39 is 0 Å². The van der Waals surface area contributed by atoms with Crippen LogP contribution >= 0.6 is 0 Å². The normalized spacial score (nSPS) is 12.8. The summed E-state index contributed by atoms with van der Waals surface area (Å²) < 4.78 is 5.15. The summed E-state index contributed by atoms with van der Waals surface area (Å²) in [5.41, 5.74) is 0. The zero-order chi connectivity index (χ0) is 13.6. The number of hydrogen-bond acceptors (Lipinski definition) is 2. The van der Waals surface area contributed by atoms with Crippen molar-refractivity contribution in [3.05, 3.63) is 12.2 Å². The summed E-state index contributed by atoms with van der Waals surface area (Å²) in [5, 5.41) is 0. The number of carbonyl (C=O) groups is 1. The highest BCUT2D eigenvalue weighted by Crippen LogP contribution is 2.08. The van der Waals surface area contributed by atoms with Crippen LogP contribution in [-0.2, 0) is 9.53 Å². The van der Waals surface area contributed by atoms with Crippen LogP contribution in [0, 0.1) is 0 Å². The van der Waals surface area contributed by atoms with E-state index in [4.69, 9.17) is 4.74 Å². The Morgan fingerprint density at radius 1 is 1.06 bits per heavy atom. The van der Waals surface area contributed by atoms with Gasteiger partial charge in [-0.15, -0.1) is 0 Å². The second-order valence-corrected chi connectivity index (χ2v) is 4.97. The van der Waals surface area contributed by atoms with Crippen molar-refractivity contribution < 1.29 is 9.53 Å². The SMILES string of the molecule is CCCCCCCCC/C=C/C(=O)O[C@@H](C)CC. The molecule has 0 aromatic carbocycles. The van der Waals surface area contributed by atoms with E-state index in [1.54, 1.807) is 6.08 Å². The smallest absolute Gasteiger partial charge is 0.330 e. The fraction of sp³-hybridized carbons (Fsp3) is 0.812. The Hall–Kier alpha value is -0.790. The maximum absolute atomic E-state index is 11.3. The highest BCUT2D eigenvalue weighted by molar-refractivity contribution is 5.81. The molecule has 0 aliphatic heterocycles. The van der Waals surface area contributed by atoms with Crippen molar-refractivity contribution in [2.45, 2.75) is 84.7 Å². The van der Waals surface area contributed by atoms with E-state index in [2.05, 4.69) is 6.92 Å². The van der Waals surface area contributed by atoms with Gasteiger partial charge >= 0.3 is 5.97 Å². The number of allylic oxidation sites excluding steroid dienone is 1. The van der Waals surface area contributed by atoms with Gasteiger partial charge in [0.25, 0.3) is 0 Å². The number of ether oxygens (including phenoxy) is 1. The van der Waals surface area contributed by atoms with Gasteiger partial charge in [-0.2, -0.15) is 0 Å². The van der Waals surface area contributed by atoms with Crippen molar-refractivity contribution in [3.8, 4) is 0 Å². The van der Waals surface area contributed by atoms with Crippen LogP contribution in [0.5, 0.6) is 0 Å². The minimum Gasteiger partial charge on any atom is -0.460 e. The van der Waals surface area contributed by atoms with Crippen molar-refractivity contribution in [1.29, 1.82) is 0 Å². The lowest BCUT2D eigenvalue weighted by molar-refractivity contribution is -0.142. The van der Waals surface area contributed by atoms with Crippen LogP contribution < -0.4 is 0 Å². The standard InChI is InChI=1S/C16H30O2/c1-4-6-7-8-9-10-11-12-13-14-16(17)18-15(3)5-2/h13-15H,4-12H2,1-3H3/b14-13+/t15-/m0/s1. The predicted molar refractivity (Wildman–Crippen MR) is 77.6 cm³/mol. The molecule has 2 heteroatoms. The van der Waals surface area contributed by atoms with Gasteiger partial charge in [0.1, 0.15) is 0 Å². The molecule has 0 aliphatic rings. The lowest BCUT2D eigenvalue weighted by atomic mass is 10.1. The second-order valence-electron chi connectivity index (χ2n) is 4.97. The topological polar surface area (TPSA) is 26.3 Å². The number of rotatable bonds is 11. The summed E-state index contributed by atoms with van der Waals surface area (Å²) in [5.74, 6) is -0.202. The third-order valence-corrected chi connectivity index (χ3v) is 3.12. The average molecular weight is 254 g/mol. The Morgan fingerprint density at radius 3 is 2.28 bits per heavy atom. The lowest BCUT2D eigenvalue weighted by Crippen LogP contribution is -2.11. The van der Waals surface area contributed by atoms with Gasteiger partial charge in [0, 0.05) is 6.08 Å². The fourth-order valence-corrected chi connectivity index (χ4v) is 1.72. The highest BCUT2D eigenvalue weighted by atomic mass is 16.5. The van der Waals surface area contributed by atoms with E-state index in [0.717, 1.165) is 12.8 Å². The first-order valence-corrected chi connectivity index (χ1v) is 7.57.